The van der Waals surface area contributed by atoms with E-state index in [4.69, 9.17) is 9.47 Å². The van der Waals surface area contributed by atoms with Crippen molar-refractivity contribution in [3.63, 3.8) is 0 Å². The molecule has 2 aromatic rings. The lowest BCUT2D eigenvalue weighted by Crippen LogP contribution is -2.39. The largest absolute Gasteiger partial charge is 0.347 e. The fourth-order valence-electron chi connectivity index (χ4n) is 4.68. The molecule has 3 saturated heterocycles. The molecule has 10 heteroatoms. The summed E-state index contributed by atoms with van der Waals surface area (Å²) in [6, 6.07) is 13.0. The van der Waals surface area contributed by atoms with E-state index in [2.05, 4.69) is 4.90 Å². The van der Waals surface area contributed by atoms with Gasteiger partial charge < -0.3 is 9.47 Å². The molecule has 0 unspecified atom stereocenters. The minimum atomic E-state index is -0.908. The summed E-state index contributed by atoms with van der Waals surface area (Å²) in [4.78, 5) is 23.9. The summed E-state index contributed by atoms with van der Waals surface area (Å²) in [6.07, 6.45) is -0.677. The standard InChI is InChI=1S/C20H19N3O6S/c1-19(12-5-3-7-14(9-12)22(24)25)17-21-16(28-19)11-30-18(21)20(2,29-17)13-6-4-8-15(10-13)23(26)27/h3-10,16-18H,11H2,1-2H3/t16-,17-,18-,19-,20-/m1/s1. The van der Waals surface area contributed by atoms with Gasteiger partial charge in [0.05, 0.1) is 15.2 Å². The first-order chi connectivity index (χ1) is 14.2. The van der Waals surface area contributed by atoms with Crippen LogP contribution in [0.15, 0.2) is 48.5 Å². The number of non-ortho nitro benzene ring substituents is 2. The van der Waals surface area contributed by atoms with Gasteiger partial charge >= 0.3 is 0 Å². The number of hydrogen-bond donors (Lipinski definition) is 0. The smallest absolute Gasteiger partial charge is 0.269 e. The van der Waals surface area contributed by atoms with Crippen molar-refractivity contribution in [2.75, 3.05) is 5.75 Å². The van der Waals surface area contributed by atoms with Gasteiger partial charge in [-0.05, 0) is 25.0 Å². The normalized spacial score (nSPS) is 34.8. The Morgan fingerprint density at radius 2 is 1.53 bits per heavy atom. The Balaban J connectivity index is 1.56. The van der Waals surface area contributed by atoms with Crippen LogP contribution in [0, 0.1) is 20.2 Å². The quantitative estimate of drug-likeness (QED) is 0.534. The molecule has 0 spiro atoms. The third-order valence-corrected chi connectivity index (χ3v) is 7.70. The zero-order valence-corrected chi connectivity index (χ0v) is 17.1. The van der Waals surface area contributed by atoms with Crippen LogP contribution in [0.5, 0.6) is 0 Å². The molecule has 156 valence electrons. The summed E-state index contributed by atoms with van der Waals surface area (Å²) in [5, 5.41) is 22.5. The second-order valence-electron chi connectivity index (χ2n) is 8.00. The Morgan fingerprint density at radius 1 is 0.967 bits per heavy atom. The molecule has 30 heavy (non-hydrogen) atoms. The number of rotatable bonds is 4. The Bertz CT molecular complexity index is 1010. The molecule has 3 fully saturated rings. The highest BCUT2D eigenvalue weighted by atomic mass is 32.2. The highest BCUT2D eigenvalue weighted by Crippen LogP contribution is 2.59. The second-order valence-corrected chi connectivity index (χ2v) is 9.12. The van der Waals surface area contributed by atoms with E-state index in [0.29, 0.717) is 5.56 Å². The monoisotopic (exact) mass is 429 g/mol. The summed E-state index contributed by atoms with van der Waals surface area (Å²) < 4.78 is 13.0. The molecule has 0 aromatic heterocycles. The number of nitrogens with zero attached hydrogens (tertiary/aromatic N) is 3. The number of nitro benzene ring substituents is 2. The molecule has 5 rings (SSSR count). The van der Waals surface area contributed by atoms with E-state index in [1.165, 1.54) is 18.2 Å². The van der Waals surface area contributed by atoms with Crippen LogP contribution in [-0.2, 0) is 20.7 Å². The first-order valence-electron chi connectivity index (χ1n) is 9.48. The fourth-order valence-corrected chi connectivity index (χ4v) is 6.19. The molecule has 0 radical (unpaired) electrons. The average Bonchev–Trinajstić information content (AvgIpc) is 3.37. The summed E-state index contributed by atoms with van der Waals surface area (Å²) in [6.45, 7) is 3.83. The van der Waals surface area contributed by atoms with E-state index in [1.807, 2.05) is 26.0 Å². The molecule has 0 bridgehead atoms. The van der Waals surface area contributed by atoms with Gasteiger partial charge in [-0.1, -0.05) is 24.3 Å². The van der Waals surface area contributed by atoms with Crippen molar-refractivity contribution in [1.82, 2.24) is 4.90 Å². The van der Waals surface area contributed by atoms with Gasteiger partial charge in [-0.25, -0.2) is 4.90 Å². The molecular weight excluding hydrogens is 410 g/mol. The van der Waals surface area contributed by atoms with Crippen LogP contribution in [0.1, 0.15) is 25.0 Å². The van der Waals surface area contributed by atoms with E-state index in [0.717, 1.165) is 11.3 Å². The predicted molar refractivity (Wildman–Crippen MR) is 109 cm³/mol. The maximum absolute atomic E-state index is 11.3. The van der Waals surface area contributed by atoms with Crippen LogP contribution in [0.25, 0.3) is 0 Å². The third kappa shape index (κ3) is 2.61. The lowest BCUT2D eigenvalue weighted by Gasteiger charge is -2.33. The molecule has 3 aliphatic rings. The molecule has 0 saturated carbocycles. The van der Waals surface area contributed by atoms with Crippen LogP contribution in [0.4, 0.5) is 11.4 Å². The van der Waals surface area contributed by atoms with Gasteiger partial charge in [0.25, 0.3) is 11.4 Å². The summed E-state index contributed by atoms with van der Waals surface area (Å²) in [7, 11) is 0. The number of hydrogen-bond acceptors (Lipinski definition) is 8. The van der Waals surface area contributed by atoms with Crippen LogP contribution >= 0.6 is 11.8 Å². The first-order valence-corrected chi connectivity index (χ1v) is 10.5. The summed E-state index contributed by atoms with van der Waals surface area (Å²) in [5.41, 5.74) is -0.291. The van der Waals surface area contributed by atoms with Crippen molar-refractivity contribution >= 4 is 23.1 Å². The highest BCUT2D eigenvalue weighted by Gasteiger charge is 2.67. The summed E-state index contributed by atoms with van der Waals surface area (Å²) >= 11 is 1.69. The van der Waals surface area contributed by atoms with Gasteiger partial charge in [0.1, 0.15) is 23.7 Å². The fraction of sp³-hybridized carbons (Fsp3) is 0.400. The SMILES string of the molecule is C[C@]1(c2cccc([N+](=O)[O-])c2)O[C@@H]2CS[C@H]3N2[C@@H]1O[C@]3(C)c1cccc([N+](=O)[O-])c1. The molecule has 9 nitrogen and oxygen atoms in total. The number of ether oxygens (including phenoxy) is 2. The minimum absolute atomic E-state index is 0.00486. The van der Waals surface area contributed by atoms with Gasteiger partial charge in [0.2, 0.25) is 0 Å². The Labute approximate surface area is 176 Å². The van der Waals surface area contributed by atoms with Crippen molar-refractivity contribution in [3.8, 4) is 0 Å². The average molecular weight is 429 g/mol. The zero-order valence-electron chi connectivity index (χ0n) is 16.3. The molecule has 5 atom stereocenters. The van der Waals surface area contributed by atoms with Crippen molar-refractivity contribution < 1.29 is 19.3 Å². The van der Waals surface area contributed by atoms with Crippen LogP contribution in [0.3, 0.4) is 0 Å². The lowest BCUT2D eigenvalue weighted by atomic mass is 9.93. The van der Waals surface area contributed by atoms with Crippen molar-refractivity contribution in [2.45, 2.75) is 42.9 Å². The maximum Gasteiger partial charge on any atom is 0.269 e. The Hall–Kier alpha value is -2.53. The minimum Gasteiger partial charge on any atom is -0.347 e. The van der Waals surface area contributed by atoms with Gasteiger partial charge in [-0.2, -0.15) is 0 Å². The zero-order chi connectivity index (χ0) is 21.3. The number of nitro groups is 2. The van der Waals surface area contributed by atoms with Crippen LogP contribution in [0.2, 0.25) is 0 Å². The molecule has 0 aliphatic carbocycles. The van der Waals surface area contributed by atoms with Gasteiger partial charge in [-0.15, -0.1) is 11.8 Å². The molecule has 0 N–H and O–H groups in total. The molecule has 3 aliphatic heterocycles. The maximum atomic E-state index is 11.3. The third-order valence-electron chi connectivity index (χ3n) is 6.21. The number of benzene rings is 2. The Morgan fingerprint density at radius 3 is 2.10 bits per heavy atom. The van der Waals surface area contributed by atoms with Gasteiger partial charge in [-0.3, -0.25) is 20.2 Å². The van der Waals surface area contributed by atoms with Crippen molar-refractivity contribution in [2.24, 2.45) is 0 Å². The van der Waals surface area contributed by atoms with Crippen LogP contribution in [-0.4, -0.2) is 38.3 Å². The topological polar surface area (TPSA) is 108 Å². The first kappa shape index (κ1) is 19.4. The molecule has 0 amide bonds. The molecule has 2 aromatic carbocycles. The van der Waals surface area contributed by atoms with Crippen molar-refractivity contribution in [1.29, 1.82) is 0 Å². The van der Waals surface area contributed by atoms with E-state index >= 15 is 0 Å². The van der Waals surface area contributed by atoms with Crippen molar-refractivity contribution in [3.05, 3.63) is 79.9 Å². The van der Waals surface area contributed by atoms with E-state index in [-0.39, 0.29) is 23.0 Å². The summed E-state index contributed by atoms with van der Waals surface area (Å²) in [5.74, 6) is 0.722. The highest BCUT2D eigenvalue weighted by molar-refractivity contribution is 8.00. The van der Waals surface area contributed by atoms with E-state index in [9.17, 15) is 20.2 Å². The Kier molecular flexibility index (Phi) is 4.20. The molecular formula is C20H19N3O6S. The van der Waals surface area contributed by atoms with Gasteiger partial charge in [0, 0.05) is 30.0 Å². The number of thioether (sulfide) groups is 1. The predicted octanol–water partition coefficient (Wildman–Crippen LogP) is 3.72. The molecule has 3 heterocycles. The van der Waals surface area contributed by atoms with E-state index in [1.54, 1.807) is 30.0 Å². The van der Waals surface area contributed by atoms with Crippen LogP contribution < -0.4 is 0 Å². The van der Waals surface area contributed by atoms with E-state index < -0.39 is 27.3 Å². The second kappa shape index (κ2) is 6.48. The lowest BCUT2D eigenvalue weighted by molar-refractivity contribution is -0.385. The van der Waals surface area contributed by atoms with Gasteiger partial charge in [0.15, 0.2) is 0 Å².